The quantitative estimate of drug-likeness (QED) is 0.151. The van der Waals surface area contributed by atoms with Gasteiger partial charge in [-0.15, -0.1) is 0 Å². The first-order valence-electron chi connectivity index (χ1n) is 24.9. The van der Waals surface area contributed by atoms with Crippen molar-refractivity contribution in [2.75, 3.05) is 4.90 Å². The van der Waals surface area contributed by atoms with Crippen LogP contribution in [-0.4, -0.2) is 4.57 Å². The Balaban J connectivity index is 0.812. The van der Waals surface area contributed by atoms with Gasteiger partial charge in [0.25, 0.3) is 0 Å². The summed E-state index contributed by atoms with van der Waals surface area (Å²) < 4.78 is 8.87. The number of aromatic nitrogens is 1. The number of anilines is 3. The van der Waals surface area contributed by atoms with Crippen LogP contribution in [0.1, 0.15) is 25.0 Å². The molecule has 340 valence electrons. The SMILES string of the molecule is CC1(C)c2cc(-c3ccc4oc5ccc(-c6ccc7c(c6)c6ccccc6n7-c6ccccc6)cc5c4c3)ccc2-c2ccc(N(c3ccc(-c4ccccc4)cc3)c3ccc(-c4ccccc4)cc3)cc21. The van der Waals surface area contributed by atoms with Crippen molar-refractivity contribution in [2.24, 2.45) is 0 Å². The van der Waals surface area contributed by atoms with Crippen LogP contribution < -0.4 is 4.90 Å². The topological polar surface area (TPSA) is 21.3 Å². The predicted octanol–water partition coefficient (Wildman–Crippen LogP) is 19.1. The Hall–Kier alpha value is -9.18. The number of hydrogen-bond acceptors (Lipinski definition) is 2. The fourth-order valence-corrected chi connectivity index (χ4v) is 11.5. The summed E-state index contributed by atoms with van der Waals surface area (Å²) in [4.78, 5) is 2.40. The molecular weight excluding hydrogens is 873 g/mol. The molecule has 0 bridgehead atoms. The number of benzene rings is 11. The van der Waals surface area contributed by atoms with E-state index >= 15 is 0 Å². The van der Waals surface area contributed by atoms with E-state index in [0.717, 1.165) is 50.3 Å². The van der Waals surface area contributed by atoms with Crippen molar-refractivity contribution in [3.63, 3.8) is 0 Å². The molecule has 14 rings (SSSR count). The van der Waals surface area contributed by atoms with Crippen LogP contribution in [0.15, 0.2) is 259 Å². The van der Waals surface area contributed by atoms with Crippen LogP contribution in [0.2, 0.25) is 0 Å². The smallest absolute Gasteiger partial charge is 0.135 e. The van der Waals surface area contributed by atoms with Gasteiger partial charge in [0, 0.05) is 49.7 Å². The fourth-order valence-electron chi connectivity index (χ4n) is 11.5. The minimum atomic E-state index is -0.244. The number of furan rings is 1. The number of rotatable bonds is 8. The zero-order chi connectivity index (χ0) is 47.9. The third-order valence-corrected chi connectivity index (χ3v) is 15.2. The minimum Gasteiger partial charge on any atom is -0.456 e. The molecule has 2 aromatic heterocycles. The Morgan fingerprint density at radius 3 is 1.33 bits per heavy atom. The molecule has 11 aromatic carbocycles. The van der Waals surface area contributed by atoms with Crippen molar-refractivity contribution in [3.05, 3.63) is 266 Å². The Labute approximate surface area is 419 Å². The van der Waals surface area contributed by atoms with E-state index in [1.165, 1.54) is 83.0 Å². The van der Waals surface area contributed by atoms with Crippen molar-refractivity contribution < 1.29 is 4.42 Å². The third-order valence-electron chi connectivity index (χ3n) is 15.2. The van der Waals surface area contributed by atoms with Crippen LogP contribution >= 0.6 is 0 Å². The summed E-state index contributed by atoms with van der Waals surface area (Å²) in [6.07, 6.45) is 0. The van der Waals surface area contributed by atoms with Gasteiger partial charge in [0.15, 0.2) is 0 Å². The van der Waals surface area contributed by atoms with Gasteiger partial charge in [-0.25, -0.2) is 0 Å². The average molecular weight is 921 g/mol. The summed E-state index contributed by atoms with van der Waals surface area (Å²) in [5, 5.41) is 4.72. The molecule has 1 aliphatic rings. The second-order valence-electron chi connectivity index (χ2n) is 19.7. The lowest BCUT2D eigenvalue weighted by molar-refractivity contribution is 0.660. The maximum absolute atomic E-state index is 6.50. The first-order chi connectivity index (χ1) is 35.4. The zero-order valence-electron chi connectivity index (χ0n) is 40.1. The van der Waals surface area contributed by atoms with E-state index in [-0.39, 0.29) is 5.41 Å². The molecule has 0 radical (unpaired) electrons. The molecule has 72 heavy (non-hydrogen) atoms. The van der Waals surface area contributed by atoms with Crippen molar-refractivity contribution in [3.8, 4) is 61.3 Å². The van der Waals surface area contributed by atoms with Crippen LogP contribution in [-0.2, 0) is 5.41 Å². The average Bonchev–Trinajstić information content (AvgIpc) is 4.06. The summed E-state index contributed by atoms with van der Waals surface area (Å²) in [7, 11) is 0. The molecule has 0 saturated heterocycles. The van der Waals surface area contributed by atoms with Gasteiger partial charge in [-0.3, -0.25) is 0 Å². The second kappa shape index (κ2) is 16.5. The van der Waals surface area contributed by atoms with Crippen molar-refractivity contribution in [2.45, 2.75) is 19.3 Å². The van der Waals surface area contributed by atoms with Gasteiger partial charge in [0.05, 0.1) is 11.0 Å². The van der Waals surface area contributed by atoms with Crippen LogP contribution in [0, 0.1) is 0 Å². The normalized spacial score (nSPS) is 12.7. The van der Waals surface area contributed by atoms with Gasteiger partial charge < -0.3 is 13.9 Å². The van der Waals surface area contributed by atoms with E-state index in [0.29, 0.717) is 0 Å². The fraction of sp³-hybridized carbons (Fsp3) is 0.0435. The maximum Gasteiger partial charge on any atom is 0.135 e. The lowest BCUT2D eigenvalue weighted by Crippen LogP contribution is -2.16. The van der Waals surface area contributed by atoms with Crippen LogP contribution in [0.3, 0.4) is 0 Å². The number of nitrogens with zero attached hydrogens (tertiary/aromatic N) is 2. The summed E-state index contributed by atoms with van der Waals surface area (Å²) in [6.45, 7) is 4.76. The van der Waals surface area contributed by atoms with Gasteiger partial charge in [-0.1, -0.05) is 172 Å². The molecule has 1 aliphatic carbocycles. The summed E-state index contributed by atoms with van der Waals surface area (Å²) in [5.74, 6) is 0. The first-order valence-corrected chi connectivity index (χ1v) is 24.9. The van der Waals surface area contributed by atoms with Crippen molar-refractivity contribution >= 4 is 60.8 Å². The first kappa shape index (κ1) is 41.8. The lowest BCUT2D eigenvalue weighted by Gasteiger charge is -2.28. The standard InChI is InChI=1S/C69H48N2O/c1-69(2)63-43-52(51-29-39-68-62(42-51)61-41-50(28-38-67(61)72-68)49-27-37-66-60(40-49)59-20-12-13-21-65(59)71(66)53-18-10-5-11-19-53)26-35-57(63)58-36-34-56(44-64(58)69)70(54-30-22-47(23-31-54)45-14-6-3-7-15-45)55-32-24-48(25-33-55)46-16-8-4-9-17-46/h3-44H,1-2H3. The molecule has 2 heterocycles. The highest BCUT2D eigenvalue weighted by atomic mass is 16.3. The molecule has 0 saturated carbocycles. The van der Waals surface area contributed by atoms with Gasteiger partial charge in [0.2, 0.25) is 0 Å². The van der Waals surface area contributed by atoms with Gasteiger partial charge in [-0.05, 0) is 164 Å². The van der Waals surface area contributed by atoms with Gasteiger partial charge in [-0.2, -0.15) is 0 Å². The molecule has 0 amide bonds. The molecule has 3 nitrogen and oxygen atoms in total. The third kappa shape index (κ3) is 6.81. The summed E-state index contributed by atoms with van der Waals surface area (Å²) in [6, 6.07) is 92.8. The Bertz CT molecular complexity index is 4120. The number of hydrogen-bond donors (Lipinski definition) is 0. The summed E-state index contributed by atoms with van der Waals surface area (Å²) in [5.41, 5.74) is 23.2. The second-order valence-corrected chi connectivity index (χ2v) is 19.7. The van der Waals surface area contributed by atoms with E-state index < -0.39 is 0 Å². The van der Waals surface area contributed by atoms with E-state index in [2.05, 4.69) is 278 Å². The van der Waals surface area contributed by atoms with Crippen molar-refractivity contribution in [1.82, 2.24) is 4.57 Å². The van der Waals surface area contributed by atoms with E-state index in [1.54, 1.807) is 0 Å². The molecule has 0 unspecified atom stereocenters. The highest BCUT2D eigenvalue weighted by Crippen LogP contribution is 2.52. The Morgan fingerprint density at radius 2 is 0.736 bits per heavy atom. The largest absolute Gasteiger partial charge is 0.456 e. The van der Waals surface area contributed by atoms with Gasteiger partial charge in [0.1, 0.15) is 11.2 Å². The number of para-hydroxylation sites is 2. The van der Waals surface area contributed by atoms with Crippen LogP contribution in [0.5, 0.6) is 0 Å². The Kier molecular flexibility index (Phi) is 9.56. The summed E-state index contributed by atoms with van der Waals surface area (Å²) >= 11 is 0. The predicted molar refractivity (Wildman–Crippen MR) is 302 cm³/mol. The minimum absolute atomic E-state index is 0.244. The van der Waals surface area contributed by atoms with E-state index in [1.807, 2.05) is 0 Å². The van der Waals surface area contributed by atoms with Crippen LogP contribution in [0.4, 0.5) is 17.1 Å². The molecule has 0 N–H and O–H groups in total. The highest BCUT2D eigenvalue weighted by Gasteiger charge is 2.36. The van der Waals surface area contributed by atoms with Crippen LogP contribution in [0.25, 0.3) is 105 Å². The monoisotopic (exact) mass is 920 g/mol. The number of fused-ring (bicyclic) bond motifs is 9. The van der Waals surface area contributed by atoms with E-state index in [9.17, 15) is 0 Å². The molecule has 3 heteroatoms. The molecular formula is C69H48N2O. The molecule has 13 aromatic rings. The molecule has 0 spiro atoms. The highest BCUT2D eigenvalue weighted by molar-refractivity contribution is 6.12. The van der Waals surface area contributed by atoms with Gasteiger partial charge >= 0.3 is 0 Å². The zero-order valence-corrected chi connectivity index (χ0v) is 40.1. The van der Waals surface area contributed by atoms with Crippen molar-refractivity contribution in [1.29, 1.82) is 0 Å². The molecule has 0 fully saturated rings. The molecule has 0 atom stereocenters. The molecule has 0 aliphatic heterocycles. The van der Waals surface area contributed by atoms with E-state index in [4.69, 9.17) is 4.42 Å². The Morgan fingerprint density at radius 1 is 0.319 bits per heavy atom. The lowest BCUT2D eigenvalue weighted by atomic mass is 9.81. The maximum atomic E-state index is 6.50.